The van der Waals surface area contributed by atoms with Crippen molar-refractivity contribution >= 4 is 17.6 Å². The van der Waals surface area contributed by atoms with E-state index in [4.69, 9.17) is 0 Å². The van der Waals surface area contributed by atoms with Crippen LogP contribution in [0.3, 0.4) is 0 Å². The first-order chi connectivity index (χ1) is 12.1. The Hall–Kier alpha value is -3.28. The number of carbonyl (C=O) groups excluding carboxylic acids is 2. The van der Waals surface area contributed by atoms with Crippen LogP contribution >= 0.6 is 0 Å². The first-order valence-electron chi connectivity index (χ1n) is 7.92. The number of halogens is 1. The molecule has 0 atom stereocenters. The van der Waals surface area contributed by atoms with E-state index in [1.165, 1.54) is 12.1 Å². The number of imide groups is 1. The van der Waals surface area contributed by atoms with Gasteiger partial charge in [-0.1, -0.05) is 19.1 Å². The average molecular weight is 335 g/mol. The Morgan fingerprint density at radius 3 is 2.16 bits per heavy atom. The molecule has 6 heteroatoms. The van der Waals surface area contributed by atoms with Crippen LogP contribution in [0.2, 0.25) is 0 Å². The van der Waals surface area contributed by atoms with Crippen LogP contribution in [-0.2, 0) is 6.42 Å². The van der Waals surface area contributed by atoms with Crippen LogP contribution in [0.5, 0.6) is 0 Å². The number of hydrogen-bond acceptors (Lipinski definition) is 3. The summed E-state index contributed by atoms with van der Waals surface area (Å²) in [5.74, 6) is -0.796. The molecule has 0 aliphatic carbocycles. The zero-order chi connectivity index (χ0) is 17.6. The highest BCUT2D eigenvalue weighted by Gasteiger charge is 2.39. The Balaban J connectivity index is 1.81. The molecule has 0 bridgehead atoms. The molecule has 0 unspecified atom stereocenters. The van der Waals surface area contributed by atoms with E-state index >= 15 is 0 Å². The van der Waals surface area contributed by atoms with Crippen molar-refractivity contribution in [3.05, 3.63) is 71.0 Å². The van der Waals surface area contributed by atoms with Gasteiger partial charge in [0.25, 0.3) is 11.8 Å². The molecular formula is C19H14FN3O2. The third-order valence-corrected chi connectivity index (χ3v) is 4.34. The smallest absolute Gasteiger partial charge is 0.267 e. The molecule has 1 N–H and O–H groups in total. The van der Waals surface area contributed by atoms with Gasteiger partial charge in [-0.3, -0.25) is 14.7 Å². The van der Waals surface area contributed by atoms with Gasteiger partial charge in [0.1, 0.15) is 5.82 Å². The zero-order valence-corrected chi connectivity index (χ0v) is 13.4. The minimum absolute atomic E-state index is 0.299. The molecule has 124 valence electrons. The minimum Gasteiger partial charge on any atom is -0.275 e. The molecule has 5 nitrogen and oxygen atoms in total. The van der Waals surface area contributed by atoms with E-state index in [-0.39, 0.29) is 17.6 Å². The maximum absolute atomic E-state index is 13.2. The number of anilines is 1. The number of carbonyl (C=O) groups is 2. The van der Waals surface area contributed by atoms with Gasteiger partial charge in [0.2, 0.25) is 0 Å². The number of rotatable bonds is 3. The molecule has 0 fully saturated rings. The van der Waals surface area contributed by atoms with Gasteiger partial charge in [-0.15, -0.1) is 0 Å². The molecule has 2 heterocycles. The van der Waals surface area contributed by atoms with Crippen molar-refractivity contribution < 1.29 is 14.0 Å². The number of nitrogens with zero attached hydrogens (tertiary/aromatic N) is 2. The maximum atomic E-state index is 13.2. The molecule has 2 amide bonds. The van der Waals surface area contributed by atoms with Crippen LogP contribution in [0.1, 0.15) is 33.2 Å². The zero-order valence-electron chi connectivity index (χ0n) is 13.4. The summed E-state index contributed by atoms with van der Waals surface area (Å²) in [5, 5.41) is 7.10. The minimum atomic E-state index is -0.382. The second-order valence-corrected chi connectivity index (χ2v) is 5.75. The highest BCUT2D eigenvalue weighted by Crippen LogP contribution is 2.34. The summed E-state index contributed by atoms with van der Waals surface area (Å²) >= 11 is 0. The predicted octanol–water partition coefficient (Wildman–Crippen LogP) is 3.58. The van der Waals surface area contributed by atoms with E-state index in [9.17, 15) is 14.0 Å². The highest BCUT2D eigenvalue weighted by atomic mass is 19.1. The van der Waals surface area contributed by atoms with Crippen molar-refractivity contribution in [1.82, 2.24) is 10.2 Å². The summed E-state index contributed by atoms with van der Waals surface area (Å²) < 4.78 is 13.2. The number of H-pyrrole nitrogens is 1. The van der Waals surface area contributed by atoms with Gasteiger partial charge >= 0.3 is 0 Å². The fourth-order valence-corrected chi connectivity index (χ4v) is 3.11. The molecule has 0 saturated heterocycles. The summed E-state index contributed by atoms with van der Waals surface area (Å²) in [6.07, 6.45) is 0.561. The van der Waals surface area contributed by atoms with E-state index in [2.05, 4.69) is 10.2 Å². The Labute approximate surface area is 143 Å². The summed E-state index contributed by atoms with van der Waals surface area (Å²) in [6, 6.07) is 12.7. The lowest BCUT2D eigenvalue weighted by Gasteiger charge is -2.12. The molecule has 0 spiro atoms. The van der Waals surface area contributed by atoms with Crippen molar-refractivity contribution in [3.63, 3.8) is 0 Å². The second-order valence-electron chi connectivity index (χ2n) is 5.75. The average Bonchev–Trinajstić information content (AvgIpc) is 3.15. The monoisotopic (exact) mass is 335 g/mol. The van der Waals surface area contributed by atoms with Gasteiger partial charge in [-0.25, -0.2) is 9.29 Å². The Bertz CT molecular complexity index is 957. The van der Waals surface area contributed by atoms with E-state index in [0.717, 1.165) is 16.0 Å². The van der Waals surface area contributed by atoms with Gasteiger partial charge in [-0.05, 0) is 42.8 Å². The van der Waals surface area contributed by atoms with Crippen LogP contribution in [0.4, 0.5) is 10.2 Å². The molecule has 1 aliphatic rings. The van der Waals surface area contributed by atoms with Crippen molar-refractivity contribution in [1.29, 1.82) is 0 Å². The molecule has 4 rings (SSSR count). The number of amides is 2. The van der Waals surface area contributed by atoms with Gasteiger partial charge < -0.3 is 0 Å². The number of nitrogens with one attached hydrogen (secondary N) is 1. The second kappa shape index (κ2) is 5.66. The summed E-state index contributed by atoms with van der Waals surface area (Å²) in [5.41, 5.74) is 2.91. The molecule has 2 aromatic carbocycles. The number of benzene rings is 2. The molecule has 0 saturated carbocycles. The number of aromatic amines is 1. The summed E-state index contributed by atoms with van der Waals surface area (Å²) in [6.45, 7) is 1.92. The SMILES string of the molecule is CCc1c(N2C(=O)c3ccccc3C2=O)n[nH]c1-c1ccc(F)cc1. The van der Waals surface area contributed by atoms with Crippen molar-refractivity contribution in [3.8, 4) is 11.3 Å². The van der Waals surface area contributed by atoms with Crippen molar-refractivity contribution in [2.45, 2.75) is 13.3 Å². The molecule has 0 radical (unpaired) electrons. The maximum Gasteiger partial charge on any atom is 0.267 e. The lowest BCUT2D eigenvalue weighted by Crippen LogP contribution is -2.30. The molecule has 1 aromatic heterocycles. The van der Waals surface area contributed by atoms with Crippen molar-refractivity contribution in [2.75, 3.05) is 4.90 Å². The quantitative estimate of drug-likeness (QED) is 0.744. The number of fused-ring (bicyclic) bond motifs is 1. The van der Waals surface area contributed by atoms with Crippen molar-refractivity contribution in [2.24, 2.45) is 0 Å². The Morgan fingerprint density at radius 2 is 1.60 bits per heavy atom. The Morgan fingerprint density at radius 1 is 1.00 bits per heavy atom. The molecular weight excluding hydrogens is 321 g/mol. The predicted molar refractivity (Wildman–Crippen MR) is 90.9 cm³/mol. The standard InChI is InChI=1S/C19H14FN3O2/c1-2-13-16(11-7-9-12(20)10-8-11)21-22-17(13)23-18(24)14-5-3-4-6-15(14)19(23)25/h3-10H,2H2,1H3,(H,21,22). The topological polar surface area (TPSA) is 66.1 Å². The Kier molecular flexibility index (Phi) is 3.46. The van der Waals surface area contributed by atoms with E-state index < -0.39 is 0 Å². The van der Waals surface area contributed by atoms with Crippen LogP contribution in [0.15, 0.2) is 48.5 Å². The fourth-order valence-electron chi connectivity index (χ4n) is 3.11. The van der Waals surface area contributed by atoms with Crippen LogP contribution in [-0.4, -0.2) is 22.0 Å². The molecule has 25 heavy (non-hydrogen) atoms. The van der Waals surface area contributed by atoms with E-state index in [1.807, 2.05) is 6.92 Å². The van der Waals surface area contributed by atoms with Gasteiger partial charge in [-0.2, -0.15) is 5.10 Å². The third-order valence-electron chi connectivity index (χ3n) is 4.34. The summed E-state index contributed by atoms with van der Waals surface area (Å²) in [7, 11) is 0. The lowest BCUT2D eigenvalue weighted by molar-refractivity contribution is 0.0924. The number of hydrogen-bond donors (Lipinski definition) is 1. The largest absolute Gasteiger partial charge is 0.275 e. The van der Waals surface area contributed by atoms with Gasteiger partial charge in [0, 0.05) is 11.1 Å². The van der Waals surface area contributed by atoms with Gasteiger partial charge in [0.15, 0.2) is 5.82 Å². The van der Waals surface area contributed by atoms with Crippen LogP contribution in [0.25, 0.3) is 11.3 Å². The first-order valence-corrected chi connectivity index (χ1v) is 7.92. The lowest BCUT2D eigenvalue weighted by atomic mass is 10.1. The third kappa shape index (κ3) is 2.26. The van der Waals surface area contributed by atoms with Crippen LogP contribution < -0.4 is 4.90 Å². The molecule has 3 aromatic rings. The normalized spacial score (nSPS) is 13.4. The summed E-state index contributed by atoms with van der Waals surface area (Å²) in [4.78, 5) is 26.4. The molecule has 1 aliphatic heterocycles. The van der Waals surface area contributed by atoms with Crippen LogP contribution in [0, 0.1) is 5.82 Å². The highest BCUT2D eigenvalue weighted by molar-refractivity contribution is 6.34. The first kappa shape index (κ1) is 15.3. The van der Waals surface area contributed by atoms with E-state index in [1.54, 1.807) is 36.4 Å². The van der Waals surface area contributed by atoms with E-state index in [0.29, 0.717) is 29.1 Å². The fraction of sp³-hybridized carbons (Fsp3) is 0.105. The van der Waals surface area contributed by atoms with Gasteiger partial charge in [0.05, 0.1) is 16.8 Å². The number of aromatic nitrogens is 2.